The largest absolute Gasteiger partial charge is 0.0802 e. The minimum absolute atomic E-state index is 1.05. The molecule has 2 atom stereocenters. The Kier molecular flexibility index (Phi) is 0.355. The monoisotopic (exact) mass is 104 g/mol. The van der Waals surface area contributed by atoms with Gasteiger partial charge in [0.15, 0.2) is 0 Å². The van der Waals surface area contributed by atoms with Crippen LogP contribution in [0.25, 0.3) is 0 Å². The highest BCUT2D eigenvalue weighted by molar-refractivity contribution is 5.52. The van der Waals surface area contributed by atoms with Gasteiger partial charge in [0.25, 0.3) is 0 Å². The first-order chi connectivity index (χ1) is 3.97. The summed E-state index contributed by atoms with van der Waals surface area (Å²) in [4.78, 5) is 0. The minimum Gasteiger partial charge on any atom is -0.0802 e. The summed E-state index contributed by atoms with van der Waals surface area (Å²) in [7, 11) is 0. The number of hydrogen-bond donors (Lipinski definition) is 0. The average Bonchev–Trinajstić information content (AvgIpc) is 2.34. The van der Waals surface area contributed by atoms with Gasteiger partial charge in [-0.15, -0.1) is 0 Å². The van der Waals surface area contributed by atoms with E-state index in [2.05, 4.69) is 12.2 Å². The van der Waals surface area contributed by atoms with E-state index < -0.39 is 0 Å². The van der Waals surface area contributed by atoms with Gasteiger partial charge in [-0.05, 0) is 30.3 Å². The molecule has 3 aliphatic rings. The van der Waals surface area contributed by atoms with Crippen LogP contribution in [0.4, 0.5) is 0 Å². The molecule has 0 spiro atoms. The Labute approximate surface area is 48.9 Å². The van der Waals surface area contributed by atoms with Crippen LogP contribution in [-0.2, 0) is 0 Å². The molecule has 1 fully saturated rings. The molecule has 0 nitrogen and oxygen atoms in total. The molecule has 0 saturated heterocycles. The van der Waals surface area contributed by atoms with Crippen molar-refractivity contribution in [3.63, 3.8) is 0 Å². The highest BCUT2D eigenvalue weighted by Crippen LogP contribution is 2.63. The maximum absolute atomic E-state index is 2.32. The van der Waals surface area contributed by atoms with Crippen LogP contribution in [0, 0.1) is 11.8 Å². The Morgan fingerprint density at radius 2 is 2.38 bits per heavy atom. The van der Waals surface area contributed by atoms with E-state index in [9.17, 15) is 0 Å². The Balaban J connectivity index is 2.19. The fraction of sp³-hybridized carbons (Fsp3) is 0.500. The minimum atomic E-state index is 1.05. The fourth-order valence-corrected chi connectivity index (χ4v) is 2.09. The Bertz CT molecular complexity index is 208. The van der Waals surface area contributed by atoms with Gasteiger partial charge in [0.2, 0.25) is 0 Å². The summed E-state index contributed by atoms with van der Waals surface area (Å²) in [6.45, 7) is 0. The number of hydrogen-bond acceptors (Lipinski definition) is 0. The maximum Gasteiger partial charge on any atom is -0.00902 e. The molecule has 0 aromatic heterocycles. The second-order valence-corrected chi connectivity index (χ2v) is 3.04. The molecule has 40 valence electrons. The first-order valence-electron chi connectivity index (χ1n) is 3.36. The van der Waals surface area contributed by atoms with Gasteiger partial charge in [0.05, 0.1) is 0 Å². The molecule has 0 heteroatoms. The Hall–Kier alpha value is -0.520. The zero-order valence-electron chi connectivity index (χ0n) is 4.72. The summed E-state index contributed by atoms with van der Waals surface area (Å²) >= 11 is 0. The van der Waals surface area contributed by atoms with Crippen molar-refractivity contribution in [1.82, 2.24) is 0 Å². The highest BCUT2D eigenvalue weighted by Gasteiger charge is 2.52. The maximum atomic E-state index is 2.32. The predicted molar refractivity (Wildman–Crippen MR) is 32.4 cm³/mol. The molecular weight excluding hydrogens is 96.1 g/mol. The molecule has 3 aliphatic carbocycles. The lowest BCUT2D eigenvalue weighted by Gasteiger charge is -2.13. The first-order valence-corrected chi connectivity index (χ1v) is 3.36. The van der Waals surface area contributed by atoms with Gasteiger partial charge in [0, 0.05) is 0 Å². The molecule has 1 unspecified atom stereocenters. The van der Waals surface area contributed by atoms with Crippen molar-refractivity contribution in [3.05, 3.63) is 23.3 Å². The highest BCUT2D eigenvalue weighted by atomic mass is 14.6. The zero-order chi connectivity index (χ0) is 5.14. The lowest BCUT2D eigenvalue weighted by atomic mass is 9.91. The molecule has 1 saturated carbocycles. The van der Waals surface area contributed by atoms with Gasteiger partial charge in [-0.25, -0.2) is 0 Å². The number of allylic oxidation sites excluding steroid dienone is 4. The van der Waals surface area contributed by atoms with Crippen LogP contribution in [0.2, 0.25) is 0 Å². The van der Waals surface area contributed by atoms with E-state index >= 15 is 0 Å². The summed E-state index contributed by atoms with van der Waals surface area (Å²) in [5.74, 6) is 2.11. The first kappa shape index (κ1) is 3.49. The quantitative estimate of drug-likeness (QED) is 0.440. The van der Waals surface area contributed by atoms with Crippen molar-refractivity contribution in [3.8, 4) is 0 Å². The van der Waals surface area contributed by atoms with Gasteiger partial charge >= 0.3 is 0 Å². The van der Waals surface area contributed by atoms with Crippen LogP contribution in [0.15, 0.2) is 23.3 Å². The summed E-state index contributed by atoms with van der Waals surface area (Å²) in [5, 5.41) is 0. The molecule has 0 aromatic rings. The van der Waals surface area contributed by atoms with Crippen LogP contribution >= 0.6 is 0 Å². The van der Waals surface area contributed by atoms with Gasteiger partial charge in [-0.1, -0.05) is 17.7 Å². The summed E-state index contributed by atoms with van der Waals surface area (Å²) < 4.78 is 0. The van der Waals surface area contributed by atoms with Crippen molar-refractivity contribution in [1.29, 1.82) is 0 Å². The lowest BCUT2D eigenvalue weighted by molar-refractivity contribution is 0.776. The van der Waals surface area contributed by atoms with E-state index in [1.807, 2.05) is 0 Å². The lowest BCUT2D eigenvalue weighted by Crippen LogP contribution is -2.01. The second kappa shape index (κ2) is 0.812. The third kappa shape index (κ3) is 0.199. The third-order valence-electron chi connectivity index (χ3n) is 2.64. The molecule has 0 radical (unpaired) electrons. The smallest absolute Gasteiger partial charge is 0.00902 e. The summed E-state index contributed by atoms with van der Waals surface area (Å²) in [6.07, 6.45) is 7.41. The molecular formula is C8H8. The topological polar surface area (TPSA) is 0 Å². The van der Waals surface area contributed by atoms with Gasteiger partial charge in [-0.2, -0.15) is 0 Å². The van der Waals surface area contributed by atoms with Crippen molar-refractivity contribution in [2.24, 2.45) is 11.8 Å². The molecule has 8 heavy (non-hydrogen) atoms. The SMILES string of the molecule is C1=CC2=C(C1)C1C[C@H]21. The van der Waals surface area contributed by atoms with Gasteiger partial charge in [-0.3, -0.25) is 0 Å². The molecule has 0 N–H and O–H groups in total. The normalized spacial score (nSPS) is 46.0. The Morgan fingerprint density at radius 3 is 3.25 bits per heavy atom. The van der Waals surface area contributed by atoms with E-state index in [1.165, 1.54) is 12.8 Å². The van der Waals surface area contributed by atoms with E-state index in [4.69, 9.17) is 0 Å². The molecule has 0 bridgehead atoms. The van der Waals surface area contributed by atoms with Gasteiger partial charge < -0.3 is 0 Å². The predicted octanol–water partition coefficient (Wildman–Crippen LogP) is 1.89. The van der Waals surface area contributed by atoms with Crippen LogP contribution in [0.1, 0.15) is 12.8 Å². The van der Waals surface area contributed by atoms with Gasteiger partial charge in [0.1, 0.15) is 0 Å². The number of rotatable bonds is 0. The van der Waals surface area contributed by atoms with Crippen molar-refractivity contribution >= 4 is 0 Å². The molecule has 0 aromatic carbocycles. The van der Waals surface area contributed by atoms with Crippen LogP contribution in [-0.4, -0.2) is 0 Å². The molecule has 0 amide bonds. The van der Waals surface area contributed by atoms with Crippen molar-refractivity contribution in [2.45, 2.75) is 12.8 Å². The standard InChI is InChI=1S/C8H8/c1-2-5-6(3-1)8-4-7(5)8/h1-2,7-8H,3-4H2/t7-,8?/m1/s1. The van der Waals surface area contributed by atoms with Crippen LogP contribution < -0.4 is 0 Å². The molecule has 0 aliphatic heterocycles. The van der Waals surface area contributed by atoms with Crippen molar-refractivity contribution < 1.29 is 0 Å². The molecule has 3 rings (SSSR count). The summed E-state index contributed by atoms with van der Waals surface area (Å²) in [5.41, 5.74) is 3.48. The average molecular weight is 104 g/mol. The van der Waals surface area contributed by atoms with E-state index in [0.29, 0.717) is 0 Å². The van der Waals surface area contributed by atoms with Crippen LogP contribution in [0.5, 0.6) is 0 Å². The molecule has 0 heterocycles. The van der Waals surface area contributed by atoms with Crippen molar-refractivity contribution in [2.75, 3.05) is 0 Å². The number of fused-ring (bicyclic) bond motifs is 3. The third-order valence-corrected chi connectivity index (χ3v) is 2.64. The Morgan fingerprint density at radius 1 is 1.38 bits per heavy atom. The van der Waals surface area contributed by atoms with E-state index in [0.717, 1.165) is 11.8 Å². The second-order valence-electron chi connectivity index (χ2n) is 3.04. The fourth-order valence-electron chi connectivity index (χ4n) is 2.09. The van der Waals surface area contributed by atoms with Crippen LogP contribution in [0.3, 0.4) is 0 Å². The van der Waals surface area contributed by atoms with E-state index in [-0.39, 0.29) is 0 Å². The van der Waals surface area contributed by atoms with E-state index in [1.54, 1.807) is 11.1 Å². The zero-order valence-corrected chi connectivity index (χ0v) is 4.72. The summed E-state index contributed by atoms with van der Waals surface area (Å²) in [6, 6.07) is 0.